The molecule has 6 nitrogen and oxygen atoms in total. The minimum atomic E-state index is -1.17. The number of carbonyl (C=O) groups is 4. The van der Waals surface area contributed by atoms with Crippen LogP contribution in [0.5, 0.6) is 0 Å². The van der Waals surface area contributed by atoms with Gasteiger partial charge in [0.25, 0.3) is 17.7 Å². The molecule has 4 aliphatic carbocycles. The molecule has 2 saturated carbocycles. The van der Waals surface area contributed by atoms with Crippen molar-refractivity contribution < 1.29 is 19.2 Å². The molecule has 1 aliphatic heterocycles. The van der Waals surface area contributed by atoms with Crippen LogP contribution in [0, 0.1) is 35.5 Å². The van der Waals surface area contributed by atoms with E-state index in [0.29, 0.717) is 27.4 Å². The van der Waals surface area contributed by atoms with E-state index in [-0.39, 0.29) is 22.4 Å². The zero-order valence-corrected chi connectivity index (χ0v) is 21.4. The Hall–Kier alpha value is -2.67. The van der Waals surface area contributed by atoms with Crippen LogP contribution in [0.4, 0.5) is 0 Å². The number of hydrazine groups is 1. The number of hydrogen-bond donors (Lipinski definition) is 0. The van der Waals surface area contributed by atoms with Gasteiger partial charge in [-0.1, -0.05) is 47.0 Å². The second-order valence-corrected chi connectivity index (χ2v) is 11.2. The van der Waals surface area contributed by atoms with Crippen LogP contribution >= 0.6 is 34.8 Å². The van der Waals surface area contributed by atoms with E-state index in [1.54, 1.807) is 24.3 Å². The molecule has 0 radical (unpaired) electrons. The van der Waals surface area contributed by atoms with Crippen LogP contribution in [-0.2, 0) is 9.59 Å². The van der Waals surface area contributed by atoms with Gasteiger partial charge in [0.15, 0.2) is 5.78 Å². The lowest BCUT2D eigenvalue weighted by Crippen LogP contribution is -2.56. The number of halogens is 3. The van der Waals surface area contributed by atoms with Gasteiger partial charge in [0, 0.05) is 15.6 Å². The predicted molar refractivity (Wildman–Crippen MR) is 134 cm³/mol. The van der Waals surface area contributed by atoms with Gasteiger partial charge in [-0.05, 0) is 79.5 Å². The molecule has 2 bridgehead atoms. The highest BCUT2D eigenvalue weighted by molar-refractivity contribution is 6.37. The molecule has 3 amide bonds. The highest BCUT2D eigenvalue weighted by Gasteiger charge is 2.68. The monoisotopic (exact) mass is 542 g/mol. The number of nitrogens with zero attached hydrogens (tertiary/aromatic N) is 2. The average Bonchev–Trinajstić information content (AvgIpc) is 3.64. The number of benzene rings is 2. The molecular weight excluding hydrogens is 523 g/mol. The molecule has 9 heteroatoms. The van der Waals surface area contributed by atoms with Crippen molar-refractivity contribution in [1.82, 2.24) is 10.0 Å². The normalized spacial score (nSPS) is 30.2. The summed E-state index contributed by atoms with van der Waals surface area (Å²) in [6.45, 7) is 1.51. The van der Waals surface area contributed by atoms with Crippen molar-refractivity contribution in [2.24, 2.45) is 35.5 Å². The molecule has 2 aromatic rings. The Morgan fingerprint density at radius 3 is 2.00 bits per heavy atom. The van der Waals surface area contributed by atoms with E-state index in [1.165, 1.54) is 25.1 Å². The van der Waals surface area contributed by atoms with Gasteiger partial charge in [-0.15, -0.1) is 0 Å². The van der Waals surface area contributed by atoms with Crippen LogP contribution in [0.15, 0.2) is 54.6 Å². The van der Waals surface area contributed by atoms with E-state index in [9.17, 15) is 19.2 Å². The molecule has 36 heavy (non-hydrogen) atoms. The molecule has 0 spiro atoms. The Morgan fingerprint density at radius 2 is 1.44 bits per heavy atom. The van der Waals surface area contributed by atoms with Crippen LogP contribution in [-0.4, -0.2) is 39.6 Å². The minimum Gasteiger partial charge on any atom is -0.292 e. The average molecular weight is 544 g/mol. The topological polar surface area (TPSA) is 74.8 Å². The van der Waals surface area contributed by atoms with Crippen molar-refractivity contribution in [3.8, 4) is 0 Å². The second kappa shape index (κ2) is 8.44. The number of imide groups is 1. The van der Waals surface area contributed by atoms with Gasteiger partial charge in [0.1, 0.15) is 6.04 Å². The van der Waals surface area contributed by atoms with Crippen LogP contribution in [0.25, 0.3) is 0 Å². The van der Waals surface area contributed by atoms with E-state index in [0.717, 1.165) is 16.4 Å². The maximum atomic E-state index is 13.9. The fraction of sp³-hybridized carbons (Fsp3) is 0.333. The Morgan fingerprint density at radius 1 is 0.889 bits per heavy atom. The Balaban J connectivity index is 1.42. The first-order valence-electron chi connectivity index (χ1n) is 11.8. The Labute approximate surface area is 222 Å². The van der Waals surface area contributed by atoms with Crippen molar-refractivity contribution >= 4 is 58.3 Å². The quantitative estimate of drug-likeness (QED) is 0.290. The fourth-order valence-corrected chi connectivity index (χ4v) is 6.96. The number of ketones is 1. The summed E-state index contributed by atoms with van der Waals surface area (Å²) in [5.41, 5.74) is 0.336. The van der Waals surface area contributed by atoms with Crippen LogP contribution in [0.2, 0.25) is 15.1 Å². The van der Waals surface area contributed by atoms with Crippen LogP contribution in [0.1, 0.15) is 34.1 Å². The molecule has 0 aromatic heterocycles. The lowest BCUT2D eigenvalue weighted by molar-refractivity contribution is -0.156. The lowest BCUT2D eigenvalue weighted by Gasteiger charge is -2.37. The summed E-state index contributed by atoms with van der Waals surface area (Å²) in [5.74, 6) is -2.33. The van der Waals surface area contributed by atoms with Gasteiger partial charge in [-0.25, -0.2) is 5.01 Å². The summed E-state index contributed by atoms with van der Waals surface area (Å²) >= 11 is 18.3. The summed E-state index contributed by atoms with van der Waals surface area (Å²) in [5, 5.41) is 2.74. The molecule has 1 saturated heterocycles. The second-order valence-electron chi connectivity index (χ2n) is 9.96. The van der Waals surface area contributed by atoms with Gasteiger partial charge in [0.05, 0.1) is 22.4 Å². The number of rotatable bonds is 5. The van der Waals surface area contributed by atoms with E-state index in [2.05, 4.69) is 12.2 Å². The molecule has 1 heterocycles. The largest absolute Gasteiger partial charge is 0.292 e. The van der Waals surface area contributed by atoms with Crippen LogP contribution in [0.3, 0.4) is 0 Å². The zero-order valence-electron chi connectivity index (χ0n) is 19.1. The minimum absolute atomic E-state index is 0.0233. The number of carbonyl (C=O) groups excluding carboxylic acids is 4. The maximum absolute atomic E-state index is 13.9. The van der Waals surface area contributed by atoms with Gasteiger partial charge in [-0.3, -0.25) is 19.2 Å². The third kappa shape index (κ3) is 3.46. The molecule has 7 atom stereocenters. The summed E-state index contributed by atoms with van der Waals surface area (Å²) in [6.07, 6.45) is 5.13. The SMILES string of the molecule is C[C@H](C(=O)c1ccc(Cl)cc1)N(C(=O)c1ccc(Cl)cc1Cl)N1C(=O)[C@@H]2[C@H]3C=C[C@@H]([C@@H]4C[C@H]34)[C@@H]2C1=O. The van der Waals surface area contributed by atoms with Crippen molar-refractivity contribution in [2.45, 2.75) is 19.4 Å². The number of hydrogen-bond acceptors (Lipinski definition) is 4. The van der Waals surface area contributed by atoms with Crippen molar-refractivity contribution in [3.63, 3.8) is 0 Å². The Bertz CT molecular complexity index is 1320. The third-order valence-corrected chi connectivity index (χ3v) is 8.90. The molecule has 7 rings (SSSR count). The first-order valence-corrected chi connectivity index (χ1v) is 13.0. The van der Waals surface area contributed by atoms with E-state index in [1.807, 2.05) is 0 Å². The first-order chi connectivity index (χ1) is 17.2. The third-order valence-electron chi connectivity index (χ3n) is 8.10. The summed E-state index contributed by atoms with van der Waals surface area (Å²) in [7, 11) is 0. The molecule has 3 fully saturated rings. The molecule has 5 aliphatic rings. The summed E-state index contributed by atoms with van der Waals surface area (Å²) < 4.78 is 0. The molecule has 184 valence electrons. The van der Waals surface area contributed by atoms with Crippen molar-refractivity contribution in [3.05, 3.63) is 80.8 Å². The number of amides is 3. The highest BCUT2D eigenvalue weighted by Crippen LogP contribution is 2.65. The van der Waals surface area contributed by atoms with Crippen LogP contribution < -0.4 is 0 Å². The maximum Gasteiger partial charge on any atom is 0.275 e. The molecular formula is C27H21Cl3N2O4. The predicted octanol–water partition coefficient (Wildman–Crippen LogP) is 5.33. The molecule has 0 N–H and O–H groups in total. The summed E-state index contributed by atoms with van der Waals surface area (Å²) in [6, 6.07) is 9.39. The molecule has 0 unspecified atom stereocenters. The van der Waals surface area contributed by atoms with Crippen molar-refractivity contribution in [1.29, 1.82) is 0 Å². The van der Waals surface area contributed by atoms with Gasteiger partial charge in [0.2, 0.25) is 0 Å². The van der Waals surface area contributed by atoms with E-state index < -0.39 is 41.4 Å². The zero-order chi connectivity index (χ0) is 25.5. The first kappa shape index (κ1) is 23.7. The molecule has 2 aromatic carbocycles. The van der Waals surface area contributed by atoms with E-state index in [4.69, 9.17) is 34.8 Å². The number of Topliss-reactive ketones (excluding diaryl/α,β-unsaturated/α-hetero) is 1. The van der Waals surface area contributed by atoms with E-state index >= 15 is 0 Å². The lowest BCUT2D eigenvalue weighted by atomic mass is 9.63. The van der Waals surface area contributed by atoms with Gasteiger partial charge >= 0.3 is 0 Å². The smallest absolute Gasteiger partial charge is 0.275 e. The fourth-order valence-electron chi connectivity index (χ4n) is 6.35. The Kier molecular flexibility index (Phi) is 5.56. The number of allylic oxidation sites excluding steroid dienone is 2. The summed E-state index contributed by atoms with van der Waals surface area (Å²) in [4.78, 5) is 55.1. The standard InChI is InChI=1S/C27H21Cl3N2O4/c1-12(24(33)13-2-4-14(28)5-3-13)31(25(34)18-7-6-15(29)10-21(18)30)32-26(35)22-16-8-9-17(20-11-19(16)20)23(22)27(32)36/h2-10,12,16-17,19-20,22-23H,11H2,1H3/t12-,16+,17+,19-,20+,22-,23+/m1/s1. The van der Waals surface area contributed by atoms with Gasteiger partial charge < -0.3 is 0 Å². The van der Waals surface area contributed by atoms with Crippen molar-refractivity contribution in [2.75, 3.05) is 0 Å². The van der Waals surface area contributed by atoms with Gasteiger partial charge in [-0.2, -0.15) is 5.01 Å². The highest BCUT2D eigenvalue weighted by atomic mass is 35.5.